The maximum atomic E-state index is 11.4. The Morgan fingerprint density at radius 2 is 1.19 bits per heavy atom. The van der Waals surface area contributed by atoms with Crippen LogP contribution in [0.3, 0.4) is 0 Å². The average Bonchev–Trinajstić information content (AvgIpc) is 2.84. The van der Waals surface area contributed by atoms with Crippen LogP contribution < -0.4 is 5.32 Å². The van der Waals surface area contributed by atoms with Gasteiger partial charge in [0.15, 0.2) is 0 Å². The highest BCUT2D eigenvalue weighted by molar-refractivity contribution is 5.95. The Kier molecular flexibility index (Phi) is 6.78. The SMILES string of the molecule is O=C(O)c1ccccc1Nc1ccc(CCc2ccc(C=Cc3ccccc3)cc2)cc1. The van der Waals surface area contributed by atoms with E-state index < -0.39 is 5.97 Å². The summed E-state index contributed by atoms with van der Waals surface area (Å²) in [4.78, 5) is 11.4. The first kappa shape index (κ1) is 21.1. The van der Waals surface area contributed by atoms with Gasteiger partial charge in [-0.2, -0.15) is 0 Å². The van der Waals surface area contributed by atoms with Crippen molar-refractivity contribution in [3.63, 3.8) is 0 Å². The summed E-state index contributed by atoms with van der Waals surface area (Å²) in [5, 5.41) is 12.5. The lowest BCUT2D eigenvalue weighted by Crippen LogP contribution is -2.02. The fourth-order valence-electron chi connectivity index (χ4n) is 3.53. The van der Waals surface area contributed by atoms with Crippen molar-refractivity contribution >= 4 is 29.5 Å². The molecule has 0 heterocycles. The first-order chi connectivity index (χ1) is 15.7. The van der Waals surface area contributed by atoms with Gasteiger partial charge in [-0.15, -0.1) is 0 Å². The van der Waals surface area contributed by atoms with Gasteiger partial charge in [-0.05, 0) is 59.4 Å². The van der Waals surface area contributed by atoms with E-state index in [2.05, 4.69) is 66.0 Å². The van der Waals surface area contributed by atoms with Crippen molar-refractivity contribution in [1.29, 1.82) is 0 Å². The zero-order valence-electron chi connectivity index (χ0n) is 17.7. The van der Waals surface area contributed by atoms with E-state index in [-0.39, 0.29) is 5.56 Å². The Bertz CT molecular complexity index is 1190. The molecular weight excluding hydrogens is 394 g/mol. The normalized spacial score (nSPS) is 10.9. The van der Waals surface area contributed by atoms with Crippen molar-refractivity contribution in [1.82, 2.24) is 0 Å². The summed E-state index contributed by atoms with van der Waals surface area (Å²) in [7, 11) is 0. The molecule has 0 spiro atoms. The molecule has 32 heavy (non-hydrogen) atoms. The molecule has 2 N–H and O–H groups in total. The number of rotatable bonds is 8. The molecule has 0 aliphatic carbocycles. The van der Waals surface area contributed by atoms with E-state index in [0.717, 1.165) is 18.5 Å². The molecule has 0 saturated carbocycles. The van der Waals surface area contributed by atoms with E-state index in [1.54, 1.807) is 18.2 Å². The lowest BCUT2D eigenvalue weighted by Gasteiger charge is -2.10. The van der Waals surface area contributed by atoms with Gasteiger partial charge in [0.05, 0.1) is 11.3 Å². The van der Waals surface area contributed by atoms with Crippen LogP contribution in [0.4, 0.5) is 11.4 Å². The summed E-state index contributed by atoms with van der Waals surface area (Å²) in [5.74, 6) is -0.939. The molecule has 0 bridgehead atoms. The lowest BCUT2D eigenvalue weighted by atomic mass is 10.0. The summed E-state index contributed by atoms with van der Waals surface area (Å²) in [6.07, 6.45) is 6.18. The van der Waals surface area contributed by atoms with Gasteiger partial charge in [0, 0.05) is 5.69 Å². The molecule has 0 unspecified atom stereocenters. The molecule has 0 aliphatic rings. The number of aromatic carboxylic acids is 1. The number of hydrogen-bond donors (Lipinski definition) is 2. The maximum absolute atomic E-state index is 11.4. The van der Waals surface area contributed by atoms with Gasteiger partial charge in [0.2, 0.25) is 0 Å². The third-order valence-electron chi connectivity index (χ3n) is 5.34. The van der Waals surface area contributed by atoms with Gasteiger partial charge in [0.25, 0.3) is 0 Å². The molecular formula is C29H25NO2. The summed E-state index contributed by atoms with van der Waals surface area (Å²) >= 11 is 0. The van der Waals surface area contributed by atoms with E-state index in [1.807, 2.05) is 36.4 Å². The number of benzene rings is 4. The number of hydrogen-bond acceptors (Lipinski definition) is 2. The second-order valence-corrected chi connectivity index (χ2v) is 7.66. The molecule has 0 radical (unpaired) electrons. The van der Waals surface area contributed by atoms with Crippen LogP contribution >= 0.6 is 0 Å². The molecule has 0 fully saturated rings. The second-order valence-electron chi connectivity index (χ2n) is 7.66. The highest BCUT2D eigenvalue weighted by Crippen LogP contribution is 2.22. The van der Waals surface area contributed by atoms with Crippen LogP contribution in [0.5, 0.6) is 0 Å². The zero-order chi connectivity index (χ0) is 22.2. The quantitative estimate of drug-likeness (QED) is 0.300. The summed E-state index contributed by atoms with van der Waals surface area (Å²) in [6, 6.07) is 34.1. The Balaban J connectivity index is 1.32. The number of aryl methyl sites for hydroxylation is 2. The van der Waals surface area contributed by atoms with Crippen molar-refractivity contribution in [3.05, 3.63) is 131 Å². The average molecular weight is 420 g/mol. The van der Waals surface area contributed by atoms with E-state index in [1.165, 1.54) is 22.3 Å². The van der Waals surface area contributed by atoms with Gasteiger partial charge >= 0.3 is 5.97 Å². The van der Waals surface area contributed by atoms with Gasteiger partial charge < -0.3 is 10.4 Å². The molecule has 0 aromatic heterocycles. The Morgan fingerprint density at radius 1 is 0.656 bits per heavy atom. The third kappa shape index (κ3) is 5.73. The number of nitrogens with one attached hydrogen (secondary N) is 1. The summed E-state index contributed by atoms with van der Waals surface area (Å²) < 4.78 is 0. The van der Waals surface area contributed by atoms with Crippen LogP contribution in [0.15, 0.2) is 103 Å². The molecule has 3 nitrogen and oxygen atoms in total. The number of para-hydroxylation sites is 1. The van der Waals surface area contributed by atoms with Gasteiger partial charge in [-0.25, -0.2) is 4.79 Å². The fraction of sp³-hybridized carbons (Fsp3) is 0.0690. The number of anilines is 2. The van der Waals surface area contributed by atoms with Crippen LogP contribution in [0, 0.1) is 0 Å². The first-order valence-corrected chi connectivity index (χ1v) is 10.7. The molecule has 4 aromatic carbocycles. The minimum absolute atomic E-state index is 0.263. The monoisotopic (exact) mass is 419 g/mol. The van der Waals surface area contributed by atoms with Crippen LogP contribution in [-0.4, -0.2) is 11.1 Å². The first-order valence-electron chi connectivity index (χ1n) is 10.7. The Labute approximate surface area is 188 Å². The van der Waals surface area contributed by atoms with E-state index >= 15 is 0 Å². The molecule has 0 saturated heterocycles. The van der Waals surface area contributed by atoms with Gasteiger partial charge in [-0.1, -0.05) is 91.0 Å². The fourth-order valence-corrected chi connectivity index (χ4v) is 3.53. The minimum Gasteiger partial charge on any atom is -0.478 e. The molecule has 4 rings (SSSR count). The maximum Gasteiger partial charge on any atom is 0.337 e. The molecule has 4 aromatic rings. The van der Waals surface area contributed by atoms with Crippen LogP contribution in [0.25, 0.3) is 12.2 Å². The van der Waals surface area contributed by atoms with Crippen LogP contribution in [0.2, 0.25) is 0 Å². The number of carboxylic acids is 1. The topological polar surface area (TPSA) is 49.3 Å². The van der Waals surface area contributed by atoms with Crippen LogP contribution in [-0.2, 0) is 12.8 Å². The second kappa shape index (κ2) is 10.3. The number of carbonyl (C=O) groups is 1. The minimum atomic E-state index is -0.939. The highest BCUT2D eigenvalue weighted by Gasteiger charge is 2.08. The molecule has 0 amide bonds. The summed E-state index contributed by atoms with van der Waals surface area (Å²) in [5.41, 5.74) is 6.66. The lowest BCUT2D eigenvalue weighted by molar-refractivity contribution is 0.0698. The van der Waals surface area contributed by atoms with E-state index in [9.17, 15) is 9.90 Å². The molecule has 158 valence electrons. The van der Waals surface area contributed by atoms with Crippen molar-refractivity contribution < 1.29 is 9.90 Å². The Hall–Kier alpha value is -4.11. The number of carboxylic acid groups (broad SMARTS) is 1. The highest BCUT2D eigenvalue weighted by atomic mass is 16.4. The molecule has 0 aliphatic heterocycles. The van der Waals surface area contributed by atoms with Gasteiger partial charge in [0.1, 0.15) is 0 Å². The van der Waals surface area contributed by atoms with E-state index in [4.69, 9.17) is 0 Å². The van der Waals surface area contributed by atoms with Crippen molar-refractivity contribution in [2.75, 3.05) is 5.32 Å². The summed E-state index contributed by atoms with van der Waals surface area (Å²) in [6.45, 7) is 0. The molecule has 0 atom stereocenters. The van der Waals surface area contributed by atoms with Crippen LogP contribution in [0.1, 0.15) is 32.6 Å². The third-order valence-corrected chi connectivity index (χ3v) is 5.34. The van der Waals surface area contributed by atoms with Crippen molar-refractivity contribution in [2.45, 2.75) is 12.8 Å². The predicted molar refractivity (Wildman–Crippen MR) is 132 cm³/mol. The van der Waals surface area contributed by atoms with Gasteiger partial charge in [-0.3, -0.25) is 0 Å². The van der Waals surface area contributed by atoms with E-state index in [0.29, 0.717) is 5.69 Å². The standard InChI is InChI=1S/C29H25NO2/c31-29(32)27-8-4-5-9-28(27)30-26-20-18-25(19-21-26)17-16-24-14-12-23(13-15-24)11-10-22-6-2-1-3-7-22/h1-15,18-21,30H,16-17H2,(H,31,32). The molecule has 3 heteroatoms. The zero-order valence-corrected chi connectivity index (χ0v) is 17.7. The van der Waals surface area contributed by atoms with Crippen molar-refractivity contribution in [2.24, 2.45) is 0 Å². The smallest absolute Gasteiger partial charge is 0.337 e. The largest absolute Gasteiger partial charge is 0.478 e. The Morgan fingerprint density at radius 3 is 1.81 bits per heavy atom. The predicted octanol–water partition coefficient (Wildman–Crippen LogP) is 7.08. The van der Waals surface area contributed by atoms with Crippen molar-refractivity contribution in [3.8, 4) is 0 Å².